The quantitative estimate of drug-likeness (QED) is 0.776. The van der Waals surface area contributed by atoms with Gasteiger partial charge in [0.05, 0.1) is 0 Å². The molecular formula is C22H35N3O. The standard InChI is InChI=1S/C22H35N3O/c1-22(2,18-24(3)4)17-23-21(26)20-12-15-25(16-13-20)14-8-11-19-9-6-5-7-10-19/h5-11,20H,12-18H2,1-4H3,(H,23,26)/b11-8+. The van der Waals surface area contributed by atoms with Crippen molar-refractivity contribution in [3.8, 4) is 0 Å². The van der Waals surface area contributed by atoms with E-state index >= 15 is 0 Å². The van der Waals surface area contributed by atoms with E-state index in [-0.39, 0.29) is 17.2 Å². The van der Waals surface area contributed by atoms with Crippen molar-refractivity contribution in [2.24, 2.45) is 11.3 Å². The molecule has 1 aliphatic rings. The molecule has 26 heavy (non-hydrogen) atoms. The zero-order valence-electron chi connectivity index (χ0n) is 16.9. The van der Waals surface area contributed by atoms with Gasteiger partial charge in [0.1, 0.15) is 0 Å². The third-order valence-electron chi connectivity index (χ3n) is 4.92. The third-order valence-corrected chi connectivity index (χ3v) is 4.92. The molecule has 1 heterocycles. The van der Waals surface area contributed by atoms with Crippen molar-refractivity contribution in [3.63, 3.8) is 0 Å². The Bertz CT molecular complexity index is 572. The van der Waals surface area contributed by atoms with Gasteiger partial charge in [-0.25, -0.2) is 0 Å². The van der Waals surface area contributed by atoms with Gasteiger partial charge in [-0.2, -0.15) is 0 Å². The van der Waals surface area contributed by atoms with Crippen LogP contribution in [0.4, 0.5) is 0 Å². The molecule has 1 aromatic carbocycles. The van der Waals surface area contributed by atoms with Gasteiger partial charge >= 0.3 is 0 Å². The number of hydrogen-bond acceptors (Lipinski definition) is 3. The van der Waals surface area contributed by atoms with Crippen LogP contribution >= 0.6 is 0 Å². The van der Waals surface area contributed by atoms with E-state index in [1.54, 1.807) is 0 Å². The molecule has 0 aliphatic carbocycles. The molecule has 1 amide bonds. The van der Waals surface area contributed by atoms with Crippen LogP contribution in [0.3, 0.4) is 0 Å². The van der Waals surface area contributed by atoms with Gasteiger partial charge in [0.25, 0.3) is 0 Å². The molecule has 4 nitrogen and oxygen atoms in total. The number of rotatable bonds is 8. The van der Waals surface area contributed by atoms with Crippen molar-refractivity contribution >= 4 is 12.0 Å². The molecule has 1 aliphatic heterocycles. The largest absolute Gasteiger partial charge is 0.355 e. The fourth-order valence-electron chi connectivity index (χ4n) is 3.66. The SMILES string of the molecule is CN(C)CC(C)(C)CNC(=O)C1CCN(C/C=C/c2ccccc2)CC1. The fourth-order valence-corrected chi connectivity index (χ4v) is 3.66. The van der Waals surface area contributed by atoms with E-state index in [9.17, 15) is 4.79 Å². The summed E-state index contributed by atoms with van der Waals surface area (Å²) in [5.74, 6) is 0.399. The van der Waals surface area contributed by atoms with Gasteiger partial charge < -0.3 is 10.2 Å². The Balaban J connectivity index is 1.69. The molecule has 0 saturated carbocycles. The molecule has 4 heteroatoms. The maximum absolute atomic E-state index is 12.5. The molecule has 1 saturated heterocycles. The van der Waals surface area contributed by atoms with Gasteiger partial charge in [0.15, 0.2) is 0 Å². The Hall–Kier alpha value is -1.65. The number of amides is 1. The molecule has 0 bridgehead atoms. The Labute approximate surface area is 159 Å². The van der Waals surface area contributed by atoms with Crippen LogP contribution in [-0.4, -0.2) is 62.5 Å². The van der Waals surface area contributed by atoms with Crippen LogP contribution < -0.4 is 5.32 Å². The third kappa shape index (κ3) is 7.30. The Morgan fingerprint density at radius 3 is 2.50 bits per heavy atom. The summed E-state index contributed by atoms with van der Waals surface area (Å²) in [5.41, 5.74) is 1.34. The maximum atomic E-state index is 12.5. The first kappa shape index (κ1) is 20.7. The monoisotopic (exact) mass is 357 g/mol. The predicted molar refractivity (Wildman–Crippen MR) is 110 cm³/mol. The highest BCUT2D eigenvalue weighted by Crippen LogP contribution is 2.19. The lowest BCUT2D eigenvalue weighted by Gasteiger charge is -2.32. The van der Waals surface area contributed by atoms with Gasteiger partial charge in [-0.1, -0.05) is 56.3 Å². The first-order valence-corrected chi connectivity index (χ1v) is 9.72. The second-order valence-corrected chi connectivity index (χ2v) is 8.51. The minimum Gasteiger partial charge on any atom is -0.355 e. The van der Waals surface area contributed by atoms with Crippen molar-refractivity contribution in [1.82, 2.24) is 15.1 Å². The summed E-state index contributed by atoms with van der Waals surface area (Å²) < 4.78 is 0. The lowest BCUT2D eigenvalue weighted by molar-refractivity contribution is -0.126. The number of likely N-dealkylation sites (tertiary alicyclic amines) is 1. The van der Waals surface area contributed by atoms with Crippen molar-refractivity contribution in [1.29, 1.82) is 0 Å². The van der Waals surface area contributed by atoms with Crippen molar-refractivity contribution in [2.75, 3.05) is 46.8 Å². The van der Waals surface area contributed by atoms with E-state index < -0.39 is 0 Å². The summed E-state index contributed by atoms with van der Waals surface area (Å²) in [5, 5.41) is 3.18. The number of piperidine rings is 1. The highest BCUT2D eigenvalue weighted by atomic mass is 16.1. The molecule has 1 N–H and O–H groups in total. The van der Waals surface area contributed by atoms with E-state index in [4.69, 9.17) is 0 Å². The molecule has 0 radical (unpaired) electrons. The fraction of sp³-hybridized carbons (Fsp3) is 0.591. The number of nitrogens with one attached hydrogen (secondary N) is 1. The van der Waals surface area contributed by atoms with Crippen molar-refractivity contribution < 1.29 is 4.79 Å². The minimum atomic E-state index is 0.0993. The van der Waals surface area contributed by atoms with Crippen LogP contribution in [0.15, 0.2) is 36.4 Å². The van der Waals surface area contributed by atoms with Crippen LogP contribution in [0, 0.1) is 11.3 Å². The normalized spacial score (nSPS) is 17.1. The van der Waals surface area contributed by atoms with Crippen LogP contribution in [0.5, 0.6) is 0 Å². The van der Waals surface area contributed by atoms with Gasteiger partial charge in [0, 0.05) is 25.6 Å². The van der Waals surface area contributed by atoms with Crippen LogP contribution in [0.25, 0.3) is 6.08 Å². The second kappa shape index (κ2) is 9.89. The van der Waals surface area contributed by atoms with Gasteiger partial charge in [-0.05, 0) is 51.0 Å². The molecule has 2 rings (SSSR count). The molecular weight excluding hydrogens is 322 g/mol. The summed E-state index contributed by atoms with van der Waals surface area (Å²) in [6.45, 7) is 9.07. The molecule has 1 fully saturated rings. The van der Waals surface area contributed by atoms with Gasteiger partial charge in [0.2, 0.25) is 5.91 Å². The van der Waals surface area contributed by atoms with E-state index in [1.165, 1.54) is 5.56 Å². The van der Waals surface area contributed by atoms with Gasteiger partial charge in [-0.3, -0.25) is 9.69 Å². The van der Waals surface area contributed by atoms with Crippen LogP contribution in [0.2, 0.25) is 0 Å². The average Bonchev–Trinajstić information content (AvgIpc) is 2.60. The molecule has 0 aromatic heterocycles. The van der Waals surface area contributed by atoms with Crippen molar-refractivity contribution in [3.05, 3.63) is 42.0 Å². The number of carbonyl (C=O) groups is 1. The maximum Gasteiger partial charge on any atom is 0.223 e. The first-order valence-electron chi connectivity index (χ1n) is 9.72. The Kier molecular flexibility index (Phi) is 7.85. The topological polar surface area (TPSA) is 35.6 Å². The van der Waals surface area contributed by atoms with Crippen molar-refractivity contribution in [2.45, 2.75) is 26.7 Å². The zero-order chi connectivity index (χ0) is 19.0. The number of carbonyl (C=O) groups excluding carboxylic acids is 1. The summed E-state index contributed by atoms with van der Waals surface area (Å²) >= 11 is 0. The Morgan fingerprint density at radius 2 is 1.88 bits per heavy atom. The molecule has 1 aromatic rings. The number of benzene rings is 1. The van der Waals surface area contributed by atoms with Gasteiger partial charge in [-0.15, -0.1) is 0 Å². The summed E-state index contributed by atoms with van der Waals surface area (Å²) in [7, 11) is 4.15. The smallest absolute Gasteiger partial charge is 0.223 e. The summed E-state index contributed by atoms with van der Waals surface area (Å²) in [6, 6.07) is 10.4. The highest BCUT2D eigenvalue weighted by molar-refractivity contribution is 5.78. The number of nitrogens with zero attached hydrogens (tertiary/aromatic N) is 2. The van der Waals surface area contributed by atoms with E-state index in [0.717, 1.165) is 45.6 Å². The zero-order valence-corrected chi connectivity index (χ0v) is 16.9. The minimum absolute atomic E-state index is 0.0993. The number of hydrogen-bond donors (Lipinski definition) is 1. The van der Waals surface area contributed by atoms with Crippen LogP contribution in [-0.2, 0) is 4.79 Å². The highest BCUT2D eigenvalue weighted by Gasteiger charge is 2.26. The molecule has 0 spiro atoms. The van der Waals surface area contributed by atoms with Crippen LogP contribution in [0.1, 0.15) is 32.3 Å². The first-order chi connectivity index (χ1) is 12.4. The predicted octanol–water partition coefficient (Wildman–Crippen LogP) is 3.12. The summed E-state index contributed by atoms with van der Waals surface area (Å²) in [6.07, 6.45) is 6.31. The van der Waals surface area contributed by atoms with E-state index in [1.807, 2.05) is 6.07 Å². The average molecular weight is 358 g/mol. The Morgan fingerprint density at radius 1 is 1.23 bits per heavy atom. The lowest BCUT2D eigenvalue weighted by Crippen LogP contribution is -2.44. The lowest BCUT2D eigenvalue weighted by atomic mass is 9.91. The second-order valence-electron chi connectivity index (χ2n) is 8.51. The van der Waals surface area contributed by atoms with E-state index in [2.05, 4.69) is 79.5 Å². The van der Waals surface area contributed by atoms with E-state index in [0.29, 0.717) is 0 Å². The summed E-state index contributed by atoms with van der Waals surface area (Å²) in [4.78, 5) is 17.1. The molecule has 0 unspecified atom stereocenters. The molecule has 0 atom stereocenters. The molecule has 144 valence electrons.